The van der Waals surface area contributed by atoms with Gasteiger partial charge in [-0.15, -0.1) is 0 Å². The lowest BCUT2D eigenvalue weighted by Crippen LogP contribution is -2.12. The van der Waals surface area contributed by atoms with Crippen LogP contribution in [0.25, 0.3) is 0 Å². The van der Waals surface area contributed by atoms with Gasteiger partial charge < -0.3 is 5.11 Å². The highest BCUT2D eigenvalue weighted by molar-refractivity contribution is 5.45. The maximum Gasteiger partial charge on any atom is 0.119 e. The van der Waals surface area contributed by atoms with Gasteiger partial charge in [0.25, 0.3) is 0 Å². The van der Waals surface area contributed by atoms with Crippen LogP contribution in [0.2, 0.25) is 0 Å². The normalized spacial score (nSPS) is 12.3. The van der Waals surface area contributed by atoms with Crippen LogP contribution in [0.1, 0.15) is 44.4 Å². The summed E-state index contributed by atoms with van der Waals surface area (Å²) in [4.78, 5) is 0. The lowest BCUT2D eigenvalue weighted by Gasteiger charge is -2.22. The van der Waals surface area contributed by atoms with Gasteiger partial charge in [-0.3, -0.25) is 0 Å². The van der Waals surface area contributed by atoms with E-state index >= 15 is 0 Å². The molecule has 1 N–H and O–H groups in total. The number of aromatic hydroxyl groups is 1. The zero-order valence-corrected chi connectivity index (χ0v) is 11.0. The van der Waals surface area contributed by atoms with Crippen LogP contribution in [0.4, 0.5) is 0 Å². The molecule has 0 saturated carbocycles. The van der Waals surface area contributed by atoms with E-state index in [0.717, 1.165) is 17.5 Å². The molecule has 0 bridgehead atoms. The van der Waals surface area contributed by atoms with Gasteiger partial charge in [-0.25, -0.2) is 0 Å². The molecule has 0 atom stereocenters. The van der Waals surface area contributed by atoms with Crippen molar-refractivity contribution in [1.29, 1.82) is 0 Å². The second-order valence-corrected chi connectivity index (χ2v) is 5.32. The summed E-state index contributed by atoms with van der Waals surface area (Å²) in [5.74, 6) is 0.411. The number of phenols is 1. The van der Waals surface area contributed by atoms with Gasteiger partial charge in [0.05, 0.1) is 0 Å². The molecule has 1 rings (SSSR count). The number of rotatable bonds is 2. The van der Waals surface area contributed by atoms with Gasteiger partial charge in [0.15, 0.2) is 0 Å². The maximum absolute atomic E-state index is 9.96. The Morgan fingerprint density at radius 1 is 1.25 bits per heavy atom. The minimum absolute atomic E-state index is 0.0114. The summed E-state index contributed by atoms with van der Waals surface area (Å²) < 4.78 is 0. The molecule has 0 amide bonds. The monoisotopic (exact) mass is 218 g/mol. The van der Waals surface area contributed by atoms with E-state index in [4.69, 9.17) is 0 Å². The van der Waals surface area contributed by atoms with Gasteiger partial charge in [0.2, 0.25) is 0 Å². The molecule has 0 fully saturated rings. The van der Waals surface area contributed by atoms with Crippen LogP contribution >= 0.6 is 0 Å². The van der Waals surface area contributed by atoms with Crippen molar-refractivity contribution in [1.82, 2.24) is 0 Å². The standard InChI is InChI=1S/C15H22O/c1-6-7-8-12-10-13(15(3,4)5)14(16)9-11(12)2/h6-7,9-10,16H,8H2,1-5H3. The minimum atomic E-state index is -0.0114. The number of phenolic OH excluding ortho intramolecular Hbond substituents is 1. The summed E-state index contributed by atoms with van der Waals surface area (Å²) in [6, 6.07) is 4.00. The Morgan fingerprint density at radius 3 is 2.38 bits per heavy atom. The number of hydrogen-bond donors (Lipinski definition) is 1. The molecule has 1 aromatic rings. The largest absolute Gasteiger partial charge is 0.508 e. The fraction of sp³-hybridized carbons (Fsp3) is 0.467. The fourth-order valence-electron chi connectivity index (χ4n) is 1.80. The predicted octanol–water partition coefficient (Wildman–Crippen LogP) is 4.12. The topological polar surface area (TPSA) is 20.2 Å². The van der Waals surface area contributed by atoms with E-state index in [1.807, 2.05) is 19.9 Å². The van der Waals surface area contributed by atoms with E-state index in [1.165, 1.54) is 5.56 Å². The van der Waals surface area contributed by atoms with Crippen LogP contribution in [-0.4, -0.2) is 5.11 Å². The van der Waals surface area contributed by atoms with Crippen molar-refractivity contribution in [3.63, 3.8) is 0 Å². The first-order valence-corrected chi connectivity index (χ1v) is 5.80. The van der Waals surface area contributed by atoms with Gasteiger partial charge in [-0.1, -0.05) is 39.0 Å². The van der Waals surface area contributed by atoms with Gasteiger partial charge in [0.1, 0.15) is 5.75 Å². The van der Waals surface area contributed by atoms with Crippen LogP contribution < -0.4 is 0 Å². The summed E-state index contributed by atoms with van der Waals surface area (Å²) >= 11 is 0. The average molecular weight is 218 g/mol. The molecule has 0 heterocycles. The fourth-order valence-corrected chi connectivity index (χ4v) is 1.80. The SMILES string of the molecule is CC=CCc1cc(C(C)(C)C)c(O)cc1C. The molecule has 1 nitrogen and oxygen atoms in total. The number of hydrogen-bond acceptors (Lipinski definition) is 1. The quantitative estimate of drug-likeness (QED) is 0.740. The summed E-state index contributed by atoms with van der Waals surface area (Å²) in [7, 11) is 0. The van der Waals surface area contributed by atoms with Crippen molar-refractivity contribution >= 4 is 0 Å². The van der Waals surface area contributed by atoms with Gasteiger partial charge >= 0.3 is 0 Å². The van der Waals surface area contributed by atoms with Gasteiger partial charge in [-0.05, 0) is 48.4 Å². The Kier molecular flexibility index (Phi) is 3.79. The summed E-state index contributed by atoms with van der Waals surface area (Å²) in [5.41, 5.74) is 3.46. The molecule has 0 aromatic heterocycles. The number of allylic oxidation sites excluding steroid dienone is 2. The molecule has 16 heavy (non-hydrogen) atoms. The average Bonchev–Trinajstić information content (AvgIpc) is 2.14. The maximum atomic E-state index is 9.96. The smallest absolute Gasteiger partial charge is 0.119 e. The Bertz CT molecular complexity index is 395. The summed E-state index contributed by atoms with van der Waals surface area (Å²) in [6.45, 7) is 10.4. The number of benzene rings is 1. The zero-order chi connectivity index (χ0) is 12.3. The van der Waals surface area contributed by atoms with E-state index in [-0.39, 0.29) is 5.41 Å². The van der Waals surface area contributed by atoms with Crippen molar-refractivity contribution < 1.29 is 5.11 Å². The van der Waals surface area contributed by atoms with Crippen LogP contribution in [0.3, 0.4) is 0 Å². The Labute approximate surface area is 98.8 Å². The van der Waals surface area contributed by atoms with Crippen molar-refractivity contribution in [2.75, 3.05) is 0 Å². The molecular weight excluding hydrogens is 196 g/mol. The van der Waals surface area contributed by atoms with E-state index in [2.05, 4.69) is 39.0 Å². The molecule has 88 valence electrons. The molecule has 0 aliphatic heterocycles. The highest BCUT2D eigenvalue weighted by Gasteiger charge is 2.19. The first-order chi connectivity index (χ1) is 7.36. The first-order valence-electron chi connectivity index (χ1n) is 5.80. The van der Waals surface area contributed by atoms with E-state index in [1.54, 1.807) is 0 Å². The third-order valence-electron chi connectivity index (χ3n) is 2.84. The second kappa shape index (κ2) is 4.73. The highest BCUT2D eigenvalue weighted by atomic mass is 16.3. The predicted molar refractivity (Wildman–Crippen MR) is 70.1 cm³/mol. The minimum Gasteiger partial charge on any atom is -0.508 e. The molecule has 0 radical (unpaired) electrons. The lowest BCUT2D eigenvalue weighted by atomic mass is 9.84. The second-order valence-electron chi connectivity index (χ2n) is 5.32. The molecule has 1 heteroatoms. The third-order valence-corrected chi connectivity index (χ3v) is 2.84. The zero-order valence-electron chi connectivity index (χ0n) is 11.0. The number of aryl methyl sites for hydroxylation is 1. The third kappa shape index (κ3) is 2.88. The van der Waals surface area contributed by atoms with Crippen LogP contribution in [-0.2, 0) is 11.8 Å². The Hall–Kier alpha value is -1.24. The Balaban J connectivity index is 3.21. The molecule has 0 aliphatic rings. The molecule has 0 aliphatic carbocycles. The highest BCUT2D eigenvalue weighted by Crippen LogP contribution is 2.33. The summed E-state index contributed by atoms with van der Waals surface area (Å²) in [6.07, 6.45) is 5.14. The lowest BCUT2D eigenvalue weighted by molar-refractivity contribution is 0.446. The van der Waals surface area contributed by atoms with Crippen LogP contribution in [0, 0.1) is 6.92 Å². The molecule has 1 aromatic carbocycles. The van der Waals surface area contributed by atoms with E-state index < -0.39 is 0 Å². The molecule has 0 saturated heterocycles. The van der Waals surface area contributed by atoms with Crippen molar-refractivity contribution in [2.45, 2.75) is 46.5 Å². The molecule has 0 unspecified atom stereocenters. The van der Waals surface area contributed by atoms with E-state index in [0.29, 0.717) is 5.75 Å². The Morgan fingerprint density at radius 2 is 1.88 bits per heavy atom. The molecular formula is C15H22O. The van der Waals surface area contributed by atoms with Crippen LogP contribution in [0.15, 0.2) is 24.3 Å². The van der Waals surface area contributed by atoms with Crippen molar-refractivity contribution in [3.05, 3.63) is 41.0 Å². The van der Waals surface area contributed by atoms with E-state index in [9.17, 15) is 5.11 Å². The van der Waals surface area contributed by atoms with Crippen LogP contribution in [0.5, 0.6) is 5.75 Å². The first kappa shape index (κ1) is 12.8. The molecule has 0 spiro atoms. The van der Waals surface area contributed by atoms with Gasteiger partial charge in [-0.2, -0.15) is 0 Å². The van der Waals surface area contributed by atoms with Gasteiger partial charge in [0, 0.05) is 0 Å². The summed E-state index contributed by atoms with van der Waals surface area (Å²) in [5, 5.41) is 9.96. The van der Waals surface area contributed by atoms with Crippen molar-refractivity contribution in [3.8, 4) is 5.75 Å². The van der Waals surface area contributed by atoms with Crippen molar-refractivity contribution in [2.24, 2.45) is 0 Å².